The minimum absolute atomic E-state index is 0.0394. The fraction of sp³-hybridized carbons (Fsp3) is 0.900. The van der Waals surface area contributed by atoms with Gasteiger partial charge in [0.1, 0.15) is 0 Å². The lowest BCUT2D eigenvalue weighted by Gasteiger charge is -2.21. The third kappa shape index (κ3) is 4.58. The number of aliphatic hydroxyl groups is 1. The molecule has 84 valence electrons. The Morgan fingerprint density at radius 3 is 2.43 bits per heavy atom. The monoisotopic (exact) mass is 202 g/mol. The molecule has 0 radical (unpaired) electrons. The summed E-state index contributed by atoms with van der Waals surface area (Å²) in [5.41, 5.74) is 5.64. The zero-order valence-corrected chi connectivity index (χ0v) is 9.29. The average molecular weight is 202 g/mol. The van der Waals surface area contributed by atoms with Crippen LogP contribution in [0.5, 0.6) is 0 Å². The number of hydrogen-bond acceptors (Lipinski definition) is 3. The molecule has 0 spiro atoms. The molecular formula is C10H22N2O2. The van der Waals surface area contributed by atoms with Crippen LogP contribution in [0.2, 0.25) is 0 Å². The van der Waals surface area contributed by atoms with Gasteiger partial charge >= 0.3 is 0 Å². The molecule has 14 heavy (non-hydrogen) atoms. The Kier molecular flexibility index (Phi) is 6.49. The maximum absolute atomic E-state index is 11.5. The van der Waals surface area contributed by atoms with Gasteiger partial charge in [0.25, 0.3) is 0 Å². The molecule has 0 aliphatic rings. The quantitative estimate of drug-likeness (QED) is 0.578. The van der Waals surface area contributed by atoms with E-state index in [2.05, 4.69) is 5.32 Å². The SMILES string of the molecule is CCCC(N)C(=O)NC(CO)C(C)C. The normalized spacial score (nSPS) is 15.3. The number of carbonyl (C=O) groups is 1. The minimum Gasteiger partial charge on any atom is -0.394 e. The highest BCUT2D eigenvalue weighted by molar-refractivity contribution is 5.81. The lowest BCUT2D eigenvalue weighted by atomic mass is 10.0. The number of amides is 1. The average Bonchev–Trinajstić information content (AvgIpc) is 2.13. The number of nitrogens with two attached hydrogens (primary N) is 1. The van der Waals surface area contributed by atoms with Gasteiger partial charge in [0, 0.05) is 0 Å². The van der Waals surface area contributed by atoms with Crippen molar-refractivity contribution < 1.29 is 9.90 Å². The van der Waals surface area contributed by atoms with Crippen molar-refractivity contribution in [3.63, 3.8) is 0 Å². The van der Waals surface area contributed by atoms with Gasteiger partial charge < -0.3 is 16.2 Å². The minimum atomic E-state index is -0.451. The van der Waals surface area contributed by atoms with Crippen molar-refractivity contribution >= 4 is 5.91 Å². The van der Waals surface area contributed by atoms with Crippen molar-refractivity contribution in [1.82, 2.24) is 5.32 Å². The summed E-state index contributed by atoms with van der Waals surface area (Å²) >= 11 is 0. The van der Waals surface area contributed by atoms with Gasteiger partial charge in [0.2, 0.25) is 5.91 Å². The first kappa shape index (κ1) is 13.4. The fourth-order valence-electron chi connectivity index (χ4n) is 1.15. The van der Waals surface area contributed by atoms with E-state index in [1.165, 1.54) is 0 Å². The van der Waals surface area contributed by atoms with Crippen LogP contribution in [0, 0.1) is 5.92 Å². The van der Waals surface area contributed by atoms with Crippen molar-refractivity contribution in [2.45, 2.75) is 45.7 Å². The standard InChI is InChI=1S/C10H22N2O2/c1-4-5-8(11)10(14)12-9(6-13)7(2)3/h7-9,13H,4-6,11H2,1-3H3,(H,12,14). The maximum atomic E-state index is 11.5. The summed E-state index contributed by atoms with van der Waals surface area (Å²) in [5, 5.41) is 11.7. The zero-order valence-electron chi connectivity index (χ0n) is 9.29. The highest BCUT2D eigenvalue weighted by Gasteiger charge is 2.18. The van der Waals surface area contributed by atoms with E-state index >= 15 is 0 Å². The van der Waals surface area contributed by atoms with Crippen LogP contribution in [-0.2, 0) is 4.79 Å². The predicted octanol–water partition coefficient (Wildman–Crippen LogP) is 0.247. The van der Waals surface area contributed by atoms with Crippen molar-refractivity contribution in [1.29, 1.82) is 0 Å². The summed E-state index contributed by atoms with van der Waals surface area (Å²) in [5.74, 6) is 0.0531. The van der Waals surface area contributed by atoms with Crippen LogP contribution in [0.25, 0.3) is 0 Å². The molecule has 0 fully saturated rings. The fourth-order valence-corrected chi connectivity index (χ4v) is 1.15. The molecule has 0 aromatic carbocycles. The molecule has 0 aromatic heterocycles. The number of carbonyl (C=O) groups excluding carboxylic acids is 1. The molecule has 2 unspecified atom stereocenters. The summed E-state index contributed by atoms with van der Waals surface area (Å²) in [7, 11) is 0. The van der Waals surface area contributed by atoms with Crippen LogP contribution in [0.3, 0.4) is 0 Å². The molecule has 0 aromatic rings. The highest BCUT2D eigenvalue weighted by Crippen LogP contribution is 2.01. The first-order valence-electron chi connectivity index (χ1n) is 5.19. The Hall–Kier alpha value is -0.610. The molecule has 0 saturated heterocycles. The second-order valence-corrected chi connectivity index (χ2v) is 3.94. The van der Waals surface area contributed by atoms with Crippen LogP contribution in [0.15, 0.2) is 0 Å². The molecule has 4 nitrogen and oxygen atoms in total. The Morgan fingerprint density at radius 2 is 2.07 bits per heavy atom. The van der Waals surface area contributed by atoms with Gasteiger partial charge in [-0.15, -0.1) is 0 Å². The Labute approximate surface area is 85.9 Å². The summed E-state index contributed by atoms with van der Waals surface area (Å²) < 4.78 is 0. The number of rotatable bonds is 6. The van der Waals surface area contributed by atoms with Gasteiger partial charge in [0.05, 0.1) is 18.7 Å². The van der Waals surface area contributed by atoms with Crippen molar-refractivity contribution in [2.75, 3.05) is 6.61 Å². The molecule has 0 aliphatic carbocycles. The van der Waals surface area contributed by atoms with Gasteiger partial charge in [-0.25, -0.2) is 0 Å². The highest BCUT2D eigenvalue weighted by atomic mass is 16.3. The summed E-state index contributed by atoms with van der Waals surface area (Å²) in [6.45, 7) is 5.85. The molecule has 1 amide bonds. The van der Waals surface area contributed by atoms with E-state index in [4.69, 9.17) is 10.8 Å². The smallest absolute Gasteiger partial charge is 0.237 e. The van der Waals surface area contributed by atoms with Crippen molar-refractivity contribution in [3.8, 4) is 0 Å². The van der Waals surface area contributed by atoms with E-state index in [9.17, 15) is 4.79 Å². The Bertz CT molecular complexity index is 172. The summed E-state index contributed by atoms with van der Waals surface area (Å²) in [6.07, 6.45) is 1.57. The lowest BCUT2D eigenvalue weighted by molar-refractivity contribution is -0.123. The van der Waals surface area contributed by atoms with Crippen LogP contribution in [0.1, 0.15) is 33.6 Å². The Morgan fingerprint density at radius 1 is 1.50 bits per heavy atom. The van der Waals surface area contributed by atoms with E-state index in [-0.39, 0.29) is 24.5 Å². The van der Waals surface area contributed by atoms with Crippen molar-refractivity contribution in [3.05, 3.63) is 0 Å². The van der Waals surface area contributed by atoms with Gasteiger partial charge in [-0.1, -0.05) is 27.2 Å². The zero-order chi connectivity index (χ0) is 11.1. The Balaban J connectivity index is 4.01. The van der Waals surface area contributed by atoms with Gasteiger partial charge in [-0.2, -0.15) is 0 Å². The number of hydrogen-bond donors (Lipinski definition) is 3. The van der Waals surface area contributed by atoms with Gasteiger partial charge in [-0.3, -0.25) is 4.79 Å². The largest absolute Gasteiger partial charge is 0.394 e. The van der Waals surface area contributed by atoms with Crippen LogP contribution in [0.4, 0.5) is 0 Å². The third-order valence-electron chi connectivity index (χ3n) is 2.27. The molecule has 0 rings (SSSR count). The summed E-state index contributed by atoms with van der Waals surface area (Å²) in [6, 6.07) is -0.641. The molecule has 0 aliphatic heterocycles. The van der Waals surface area contributed by atoms with Crippen LogP contribution in [-0.4, -0.2) is 29.7 Å². The van der Waals surface area contributed by atoms with E-state index < -0.39 is 6.04 Å². The molecule has 4 N–H and O–H groups in total. The van der Waals surface area contributed by atoms with Crippen LogP contribution < -0.4 is 11.1 Å². The lowest BCUT2D eigenvalue weighted by Crippen LogP contribution is -2.48. The van der Waals surface area contributed by atoms with E-state index in [0.717, 1.165) is 6.42 Å². The molecule has 4 heteroatoms. The topological polar surface area (TPSA) is 75.4 Å². The van der Waals surface area contributed by atoms with E-state index in [1.807, 2.05) is 20.8 Å². The van der Waals surface area contributed by atoms with Gasteiger partial charge in [-0.05, 0) is 12.3 Å². The first-order valence-corrected chi connectivity index (χ1v) is 5.19. The molecular weight excluding hydrogens is 180 g/mol. The third-order valence-corrected chi connectivity index (χ3v) is 2.27. The second-order valence-electron chi connectivity index (χ2n) is 3.94. The van der Waals surface area contributed by atoms with E-state index in [0.29, 0.717) is 6.42 Å². The maximum Gasteiger partial charge on any atom is 0.237 e. The second kappa shape index (κ2) is 6.79. The molecule has 2 atom stereocenters. The summed E-state index contributed by atoms with van der Waals surface area (Å²) in [4.78, 5) is 11.5. The van der Waals surface area contributed by atoms with Gasteiger partial charge in [0.15, 0.2) is 0 Å². The molecule has 0 saturated carbocycles. The predicted molar refractivity (Wildman–Crippen MR) is 56.7 cm³/mol. The number of aliphatic hydroxyl groups excluding tert-OH is 1. The number of nitrogens with one attached hydrogen (secondary N) is 1. The van der Waals surface area contributed by atoms with Crippen LogP contribution >= 0.6 is 0 Å². The van der Waals surface area contributed by atoms with Crippen molar-refractivity contribution in [2.24, 2.45) is 11.7 Å². The molecule has 0 bridgehead atoms. The van der Waals surface area contributed by atoms with E-state index in [1.54, 1.807) is 0 Å². The molecule has 0 heterocycles. The first-order chi connectivity index (χ1) is 6.52.